The molecule has 2 aromatic heterocycles. The van der Waals surface area contributed by atoms with Crippen LogP contribution in [0.3, 0.4) is 0 Å². The monoisotopic (exact) mass is 439 g/mol. The van der Waals surface area contributed by atoms with Crippen LogP contribution in [0.4, 0.5) is 10.1 Å². The molecule has 0 spiro atoms. The fourth-order valence-corrected chi connectivity index (χ4v) is 3.17. The molecule has 0 saturated carbocycles. The van der Waals surface area contributed by atoms with Crippen molar-refractivity contribution in [2.45, 2.75) is 20.2 Å². The minimum absolute atomic E-state index is 0.189. The van der Waals surface area contributed by atoms with E-state index in [4.69, 9.17) is 16.3 Å². The van der Waals surface area contributed by atoms with E-state index in [0.717, 1.165) is 16.9 Å². The van der Waals surface area contributed by atoms with Gasteiger partial charge in [-0.15, -0.1) is 0 Å². The highest BCUT2D eigenvalue weighted by molar-refractivity contribution is 6.31. The van der Waals surface area contributed by atoms with Crippen LogP contribution in [0.25, 0.3) is 0 Å². The zero-order valence-corrected chi connectivity index (χ0v) is 17.4. The number of ether oxygens (including phenoxy) is 1. The summed E-state index contributed by atoms with van der Waals surface area (Å²) in [4.78, 5) is 12.5. The van der Waals surface area contributed by atoms with Crippen LogP contribution >= 0.6 is 11.6 Å². The van der Waals surface area contributed by atoms with E-state index >= 15 is 0 Å². The molecule has 9 heteroatoms. The molecule has 7 nitrogen and oxygen atoms in total. The van der Waals surface area contributed by atoms with E-state index < -0.39 is 5.82 Å². The van der Waals surface area contributed by atoms with Crippen LogP contribution in [0.15, 0.2) is 67.1 Å². The molecule has 4 rings (SSSR count). The molecule has 0 aliphatic heterocycles. The van der Waals surface area contributed by atoms with Crippen molar-refractivity contribution in [3.63, 3.8) is 0 Å². The number of benzene rings is 2. The molecule has 31 heavy (non-hydrogen) atoms. The quantitative estimate of drug-likeness (QED) is 0.459. The standard InChI is InChI=1S/C22H19ClFN5O2/c1-15-4-2-3-5-21(15)31-14-28-9-8-20(27-28)22(30)26-18-11-25-29(13-18)12-16-6-7-17(24)10-19(16)23/h2-11,13H,12,14H2,1H3,(H,26,30). The van der Waals surface area contributed by atoms with Gasteiger partial charge in [0.15, 0.2) is 12.4 Å². The molecule has 0 bridgehead atoms. The Morgan fingerprint density at radius 3 is 2.84 bits per heavy atom. The first kappa shape index (κ1) is 20.6. The van der Waals surface area contributed by atoms with Gasteiger partial charge in [0.1, 0.15) is 11.6 Å². The second kappa shape index (κ2) is 9.01. The Morgan fingerprint density at radius 1 is 1.19 bits per heavy atom. The first-order valence-corrected chi connectivity index (χ1v) is 9.85. The number of halogens is 2. The number of hydrogen-bond acceptors (Lipinski definition) is 4. The number of nitrogens with zero attached hydrogens (tertiary/aromatic N) is 4. The second-order valence-corrected chi connectivity index (χ2v) is 7.30. The number of nitrogens with one attached hydrogen (secondary N) is 1. The van der Waals surface area contributed by atoms with Crippen molar-refractivity contribution in [2.75, 3.05) is 5.32 Å². The van der Waals surface area contributed by atoms with Gasteiger partial charge >= 0.3 is 0 Å². The number of amides is 1. The van der Waals surface area contributed by atoms with Crippen LogP contribution in [0.2, 0.25) is 5.02 Å². The molecule has 0 aliphatic carbocycles. The molecule has 0 unspecified atom stereocenters. The summed E-state index contributed by atoms with van der Waals surface area (Å²) >= 11 is 6.05. The van der Waals surface area contributed by atoms with E-state index in [2.05, 4.69) is 15.5 Å². The lowest BCUT2D eigenvalue weighted by atomic mass is 10.2. The topological polar surface area (TPSA) is 74.0 Å². The second-order valence-electron chi connectivity index (χ2n) is 6.90. The highest BCUT2D eigenvalue weighted by Crippen LogP contribution is 2.19. The maximum absolute atomic E-state index is 13.2. The number of carbonyl (C=O) groups is 1. The van der Waals surface area contributed by atoms with Crippen molar-refractivity contribution in [1.29, 1.82) is 0 Å². The third kappa shape index (κ3) is 5.10. The molecule has 158 valence electrons. The zero-order valence-electron chi connectivity index (χ0n) is 16.6. The Hall–Kier alpha value is -3.65. The van der Waals surface area contributed by atoms with Crippen LogP contribution in [0, 0.1) is 12.7 Å². The van der Waals surface area contributed by atoms with Crippen molar-refractivity contribution >= 4 is 23.2 Å². The van der Waals surface area contributed by atoms with Crippen molar-refractivity contribution in [2.24, 2.45) is 0 Å². The average molecular weight is 440 g/mol. The van der Waals surface area contributed by atoms with Gasteiger partial charge in [-0.1, -0.05) is 35.9 Å². The predicted molar refractivity (Wildman–Crippen MR) is 115 cm³/mol. The van der Waals surface area contributed by atoms with E-state index in [1.165, 1.54) is 18.3 Å². The summed E-state index contributed by atoms with van der Waals surface area (Å²) in [5.74, 6) is -0.00223. The van der Waals surface area contributed by atoms with Crippen molar-refractivity contribution in [1.82, 2.24) is 19.6 Å². The van der Waals surface area contributed by atoms with E-state index in [0.29, 0.717) is 17.3 Å². The van der Waals surface area contributed by atoms with Gasteiger partial charge in [0.05, 0.1) is 18.4 Å². The summed E-state index contributed by atoms with van der Waals surface area (Å²) in [5, 5.41) is 11.5. The molecular formula is C22H19ClFN5O2. The third-order valence-corrected chi connectivity index (χ3v) is 4.91. The number of hydrogen-bond donors (Lipinski definition) is 1. The summed E-state index contributed by atoms with van der Waals surface area (Å²) in [6.07, 6.45) is 4.86. The van der Waals surface area contributed by atoms with Crippen molar-refractivity contribution in [3.05, 3.63) is 94.8 Å². The van der Waals surface area contributed by atoms with Crippen LogP contribution in [0.1, 0.15) is 21.6 Å². The third-order valence-electron chi connectivity index (χ3n) is 4.56. The Labute approximate surface area is 183 Å². The molecule has 2 aromatic carbocycles. The van der Waals surface area contributed by atoms with Crippen LogP contribution in [0.5, 0.6) is 5.75 Å². The molecule has 0 radical (unpaired) electrons. The summed E-state index contributed by atoms with van der Waals surface area (Å²) in [5.41, 5.74) is 2.50. The largest absolute Gasteiger partial charge is 0.471 e. The zero-order chi connectivity index (χ0) is 21.8. The Balaban J connectivity index is 1.35. The molecule has 0 aliphatic rings. The van der Waals surface area contributed by atoms with Gasteiger partial charge in [0.2, 0.25) is 0 Å². The molecule has 1 amide bonds. The van der Waals surface area contributed by atoms with Crippen LogP contribution < -0.4 is 10.1 Å². The SMILES string of the molecule is Cc1ccccc1OCn1ccc(C(=O)Nc2cnn(Cc3ccc(F)cc3Cl)c2)n1. The molecular weight excluding hydrogens is 421 g/mol. The van der Waals surface area contributed by atoms with Gasteiger partial charge in [-0.3, -0.25) is 9.48 Å². The van der Waals surface area contributed by atoms with Gasteiger partial charge in [-0.05, 0) is 42.3 Å². The molecule has 0 fully saturated rings. The van der Waals surface area contributed by atoms with Gasteiger partial charge < -0.3 is 10.1 Å². The molecule has 4 aromatic rings. The Kier molecular flexibility index (Phi) is 5.99. The number of anilines is 1. The molecule has 2 heterocycles. The first-order chi connectivity index (χ1) is 15.0. The van der Waals surface area contributed by atoms with Gasteiger partial charge in [-0.2, -0.15) is 10.2 Å². The smallest absolute Gasteiger partial charge is 0.276 e. The minimum atomic E-state index is -0.397. The van der Waals surface area contributed by atoms with E-state index in [-0.39, 0.29) is 18.3 Å². The number of carbonyl (C=O) groups excluding carboxylic acids is 1. The van der Waals surface area contributed by atoms with E-state index in [1.54, 1.807) is 33.9 Å². The molecule has 0 saturated heterocycles. The van der Waals surface area contributed by atoms with Gasteiger partial charge in [0, 0.05) is 17.4 Å². The normalized spacial score (nSPS) is 10.8. The van der Waals surface area contributed by atoms with Crippen molar-refractivity contribution in [3.8, 4) is 5.75 Å². The van der Waals surface area contributed by atoms with E-state index in [1.807, 2.05) is 31.2 Å². The summed E-state index contributed by atoms with van der Waals surface area (Å²) < 4.78 is 22.1. The van der Waals surface area contributed by atoms with E-state index in [9.17, 15) is 9.18 Å². The van der Waals surface area contributed by atoms with Crippen LogP contribution in [-0.4, -0.2) is 25.5 Å². The number of para-hydroxylation sites is 1. The molecule has 1 N–H and O–H groups in total. The fourth-order valence-electron chi connectivity index (χ4n) is 2.94. The summed E-state index contributed by atoms with van der Waals surface area (Å²) in [7, 11) is 0. The lowest BCUT2D eigenvalue weighted by Crippen LogP contribution is -2.14. The number of aromatic nitrogens is 4. The fraction of sp³-hybridized carbons (Fsp3) is 0.136. The maximum atomic E-state index is 13.2. The van der Waals surface area contributed by atoms with Gasteiger partial charge in [-0.25, -0.2) is 9.07 Å². The van der Waals surface area contributed by atoms with Crippen molar-refractivity contribution < 1.29 is 13.9 Å². The highest BCUT2D eigenvalue weighted by atomic mass is 35.5. The lowest BCUT2D eigenvalue weighted by molar-refractivity contribution is 0.102. The molecule has 0 atom stereocenters. The highest BCUT2D eigenvalue weighted by Gasteiger charge is 2.12. The minimum Gasteiger partial charge on any atom is -0.471 e. The number of aryl methyl sites for hydroxylation is 1. The Morgan fingerprint density at radius 2 is 2.03 bits per heavy atom. The predicted octanol–water partition coefficient (Wildman–Crippen LogP) is 4.52. The lowest BCUT2D eigenvalue weighted by Gasteiger charge is -2.08. The van der Waals surface area contributed by atoms with Crippen LogP contribution in [-0.2, 0) is 13.3 Å². The number of rotatable bonds is 7. The summed E-state index contributed by atoms with van der Waals surface area (Å²) in [6.45, 7) is 2.50. The van der Waals surface area contributed by atoms with Gasteiger partial charge in [0.25, 0.3) is 5.91 Å². The average Bonchev–Trinajstić information content (AvgIpc) is 3.39. The Bertz CT molecular complexity index is 1220. The maximum Gasteiger partial charge on any atom is 0.276 e. The summed E-state index contributed by atoms with van der Waals surface area (Å²) in [6, 6.07) is 13.5. The first-order valence-electron chi connectivity index (χ1n) is 9.47.